The molecule has 6 heteroatoms. The molecule has 0 bridgehead atoms. The molecule has 1 heterocycles. The van der Waals surface area contributed by atoms with Gasteiger partial charge in [0.25, 0.3) is 0 Å². The molecule has 6 atom stereocenters. The normalized spacial score (nSPS) is 39.9. The first kappa shape index (κ1) is 22.1. The fourth-order valence-electron chi connectivity index (χ4n) is 7.88. The first-order valence-electron chi connectivity index (χ1n) is 12.9. The molecule has 0 aliphatic heterocycles. The van der Waals surface area contributed by atoms with Crippen LogP contribution in [0.3, 0.4) is 0 Å². The molecule has 5 rings (SSSR count). The molecule has 3 fully saturated rings. The Morgan fingerprint density at radius 1 is 1.16 bits per heavy atom. The monoisotopic (exact) mass is 439 g/mol. The van der Waals surface area contributed by atoms with E-state index in [1.807, 2.05) is 10.9 Å². The van der Waals surface area contributed by atoms with E-state index in [-0.39, 0.29) is 0 Å². The zero-order chi connectivity index (χ0) is 22.3. The van der Waals surface area contributed by atoms with E-state index >= 15 is 0 Å². The summed E-state index contributed by atoms with van der Waals surface area (Å²) in [6.45, 7) is 9.46. The van der Waals surface area contributed by atoms with Gasteiger partial charge < -0.3 is 10.6 Å². The smallest absolute Gasteiger partial charge is 0.136 e. The highest BCUT2D eigenvalue weighted by Crippen LogP contribution is 2.66. The van der Waals surface area contributed by atoms with Gasteiger partial charge >= 0.3 is 0 Å². The minimum absolute atomic E-state index is 0.370. The van der Waals surface area contributed by atoms with Crippen LogP contribution in [0.4, 0.5) is 0 Å². The van der Waals surface area contributed by atoms with Crippen LogP contribution in [0.25, 0.3) is 0 Å². The molecule has 0 radical (unpaired) electrons. The molecule has 32 heavy (non-hydrogen) atoms. The number of allylic oxidation sites excluding steroid dienone is 2. The first-order chi connectivity index (χ1) is 15.4. The first-order valence-corrected chi connectivity index (χ1v) is 12.9. The van der Waals surface area contributed by atoms with Gasteiger partial charge in [-0.1, -0.05) is 36.7 Å². The van der Waals surface area contributed by atoms with Gasteiger partial charge in [-0.05, 0) is 98.5 Å². The third-order valence-corrected chi connectivity index (χ3v) is 10.0. The highest BCUT2D eigenvalue weighted by atomic mass is 16.6. The van der Waals surface area contributed by atoms with Crippen LogP contribution in [-0.2, 0) is 17.8 Å². The number of nitrogens with zero attached hydrogens (tertiary/aromatic N) is 4. The third kappa shape index (κ3) is 3.72. The van der Waals surface area contributed by atoms with Gasteiger partial charge in [0.05, 0.1) is 18.0 Å². The van der Waals surface area contributed by atoms with Crippen LogP contribution in [-0.4, -0.2) is 33.9 Å². The van der Waals surface area contributed by atoms with Gasteiger partial charge in [-0.2, -0.15) is 0 Å². The molecule has 0 spiro atoms. The van der Waals surface area contributed by atoms with Gasteiger partial charge in [0.1, 0.15) is 6.61 Å². The fraction of sp³-hybridized carbons (Fsp3) is 0.808. The maximum Gasteiger partial charge on any atom is 0.136 e. The predicted molar refractivity (Wildman–Crippen MR) is 127 cm³/mol. The summed E-state index contributed by atoms with van der Waals surface area (Å²) in [6.07, 6.45) is 15.7. The fourth-order valence-corrected chi connectivity index (χ4v) is 7.88. The lowest BCUT2D eigenvalue weighted by Gasteiger charge is -2.58. The van der Waals surface area contributed by atoms with E-state index in [1.165, 1.54) is 44.9 Å². The molecule has 0 aromatic carbocycles. The predicted octanol–water partition coefficient (Wildman–Crippen LogP) is 4.75. The average molecular weight is 440 g/mol. The molecule has 1 aromatic rings. The van der Waals surface area contributed by atoms with Gasteiger partial charge in [-0.25, -0.2) is 4.68 Å². The van der Waals surface area contributed by atoms with Gasteiger partial charge in [-0.15, -0.1) is 5.10 Å². The average Bonchev–Trinajstić information content (AvgIpc) is 3.35. The standard InChI is InChI=1S/C26H41N5O/c1-18-4-7-23-22-6-5-19-16-20(8-11-26(19,3)24(22)9-12-25(18,23)2)29-32-15-14-31-17-21(10-13-27)28-30-31/h16-18,22-24H,4-15,27H2,1-3H3/t18-,22?,23?,24?,25+,26-/m0/s1. The molecule has 3 saturated carbocycles. The number of nitrogens with two attached hydrogens (primary N) is 1. The Hall–Kier alpha value is -1.69. The molecule has 6 nitrogen and oxygen atoms in total. The van der Waals surface area contributed by atoms with Crippen molar-refractivity contribution in [3.8, 4) is 0 Å². The van der Waals surface area contributed by atoms with Gasteiger partial charge in [0.2, 0.25) is 0 Å². The van der Waals surface area contributed by atoms with Crippen LogP contribution < -0.4 is 5.73 Å². The minimum Gasteiger partial charge on any atom is -0.394 e. The Balaban J connectivity index is 1.21. The van der Waals surface area contributed by atoms with Crippen LogP contribution >= 0.6 is 0 Å². The van der Waals surface area contributed by atoms with Crippen LogP contribution in [0.2, 0.25) is 0 Å². The quantitative estimate of drug-likeness (QED) is 0.512. The Kier molecular flexibility index (Phi) is 5.93. The van der Waals surface area contributed by atoms with Crippen LogP contribution in [0.5, 0.6) is 0 Å². The molecule has 2 N–H and O–H groups in total. The lowest BCUT2D eigenvalue weighted by Crippen LogP contribution is -2.50. The number of fused-ring (bicyclic) bond motifs is 5. The summed E-state index contributed by atoms with van der Waals surface area (Å²) < 4.78 is 1.81. The zero-order valence-electron chi connectivity index (χ0n) is 20.2. The van der Waals surface area contributed by atoms with Crippen LogP contribution in [0.1, 0.15) is 77.8 Å². The molecule has 1 aromatic heterocycles. The van der Waals surface area contributed by atoms with Crippen molar-refractivity contribution < 1.29 is 4.84 Å². The van der Waals surface area contributed by atoms with Crippen molar-refractivity contribution in [2.75, 3.05) is 13.2 Å². The Bertz CT molecular complexity index is 891. The minimum atomic E-state index is 0.370. The second kappa shape index (κ2) is 8.58. The highest BCUT2D eigenvalue weighted by Gasteiger charge is 2.57. The van der Waals surface area contributed by atoms with Crippen molar-refractivity contribution in [1.82, 2.24) is 15.0 Å². The number of rotatable bonds is 6. The van der Waals surface area contributed by atoms with Crippen LogP contribution in [0, 0.1) is 34.5 Å². The van der Waals surface area contributed by atoms with Gasteiger partial charge in [0.15, 0.2) is 0 Å². The molecular formula is C26H41N5O. The second-order valence-corrected chi connectivity index (χ2v) is 11.5. The lowest BCUT2D eigenvalue weighted by atomic mass is 9.47. The maximum absolute atomic E-state index is 5.68. The summed E-state index contributed by atoms with van der Waals surface area (Å²) in [5.41, 5.74) is 10.2. The second-order valence-electron chi connectivity index (χ2n) is 11.5. The largest absolute Gasteiger partial charge is 0.394 e. The topological polar surface area (TPSA) is 78.3 Å². The molecule has 0 saturated heterocycles. The number of hydrogen-bond acceptors (Lipinski definition) is 5. The van der Waals surface area contributed by atoms with E-state index in [1.54, 1.807) is 5.57 Å². The van der Waals surface area contributed by atoms with E-state index in [2.05, 4.69) is 42.3 Å². The molecular weight excluding hydrogens is 398 g/mol. The van der Waals surface area contributed by atoms with Crippen molar-refractivity contribution in [2.24, 2.45) is 45.4 Å². The number of oxime groups is 1. The van der Waals surface area contributed by atoms with Crippen molar-refractivity contribution in [3.05, 3.63) is 23.5 Å². The van der Waals surface area contributed by atoms with Crippen molar-refractivity contribution in [1.29, 1.82) is 0 Å². The molecule has 4 aliphatic rings. The Labute approximate surface area is 193 Å². The van der Waals surface area contributed by atoms with E-state index in [0.29, 0.717) is 30.5 Å². The summed E-state index contributed by atoms with van der Waals surface area (Å²) in [7, 11) is 0. The Morgan fingerprint density at radius 2 is 2.03 bits per heavy atom. The number of aromatic nitrogens is 3. The molecule has 4 aliphatic carbocycles. The summed E-state index contributed by atoms with van der Waals surface area (Å²) in [4.78, 5) is 5.68. The van der Waals surface area contributed by atoms with Crippen LogP contribution in [0.15, 0.2) is 23.0 Å². The molecule has 3 unspecified atom stereocenters. The van der Waals surface area contributed by atoms with Gasteiger partial charge in [0, 0.05) is 12.6 Å². The third-order valence-electron chi connectivity index (χ3n) is 10.0. The maximum atomic E-state index is 5.68. The summed E-state index contributed by atoms with van der Waals surface area (Å²) in [6, 6.07) is 0. The van der Waals surface area contributed by atoms with E-state index < -0.39 is 0 Å². The summed E-state index contributed by atoms with van der Waals surface area (Å²) in [5, 5.41) is 12.7. The highest BCUT2D eigenvalue weighted by molar-refractivity contribution is 5.96. The molecule has 0 amide bonds. The Morgan fingerprint density at radius 3 is 2.88 bits per heavy atom. The van der Waals surface area contributed by atoms with Crippen molar-refractivity contribution in [3.63, 3.8) is 0 Å². The SMILES string of the molecule is C[C@H]1CCC2C3CCC4=CC(=NOCCn5cc(CCN)nn5)CC[C@]4(C)C3CC[C@@]21C. The number of hydrogen-bond donors (Lipinski definition) is 1. The van der Waals surface area contributed by atoms with Gasteiger partial charge in [-0.3, -0.25) is 0 Å². The molecule has 176 valence electrons. The van der Waals surface area contributed by atoms with E-state index in [9.17, 15) is 0 Å². The summed E-state index contributed by atoms with van der Waals surface area (Å²) >= 11 is 0. The zero-order valence-corrected chi connectivity index (χ0v) is 20.2. The van der Waals surface area contributed by atoms with Crippen molar-refractivity contribution >= 4 is 5.71 Å². The van der Waals surface area contributed by atoms with Crippen molar-refractivity contribution in [2.45, 2.75) is 85.1 Å². The lowest BCUT2D eigenvalue weighted by molar-refractivity contribution is -0.0465. The van der Waals surface area contributed by atoms with E-state index in [4.69, 9.17) is 10.6 Å². The summed E-state index contributed by atoms with van der Waals surface area (Å²) in [5.74, 6) is 3.66. The van der Waals surface area contributed by atoms with E-state index in [0.717, 1.165) is 47.9 Å².